The molecule has 112 valence electrons. The van der Waals surface area contributed by atoms with Crippen molar-refractivity contribution in [2.45, 2.75) is 37.8 Å². The molecule has 5 nitrogen and oxygen atoms in total. The number of ether oxygens (including phenoxy) is 1. The van der Waals surface area contributed by atoms with E-state index in [1.54, 1.807) is 0 Å². The third-order valence-electron chi connectivity index (χ3n) is 4.61. The fourth-order valence-electron chi connectivity index (χ4n) is 3.55. The highest BCUT2D eigenvalue weighted by Crippen LogP contribution is 2.44. The Kier molecular flexibility index (Phi) is 3.57. The van der Waals surface area contributed by atoms with Gasteiger partial charge in [-0.2, -0.15) is 0 Å². The summed E-state index contributed by atoms with van der Waals surface area (Å²) in [6, 6.07) is 9.41. The molecule has 2 bridgehead atoms. The zero-order chi connectivity index (χ0) is 14.9. The molecule has 1 aromatic carbocycles. The summed E-state index contributed by atoms with van der Waals surface area (Å²) in [4.78, 5) is 25.4. The average Bonchev–Trinajstić information content (AvgIpc) is 2.78. The van der Waals surface area contributed by atoms with E-state index in [-0.39, 0.29) is 6.61 Å². The Morgan fingerprint density at radius 1 is 1.33 bits per heavy atom. The second-order valence-corrected chi connectivity index (χ2v) is 5.95. The lowest BCUT2D eigenvalue weighted by Crippen LogP contribution is -2.53. The van der Waals surface area contributed by atoms with Crippen LogP contribution in [0.5, 0.6) is 0 Å². The molecular formula is C16H19NO4. The topological polar surface area (TPSA) is 66.8 Å². The molecule has 1 aliphatic heterocycles. The van der Waals surface area contributed by atoms with Crippen LogP contribution in [-0.2, 0) is 16.1 Å². The van der Waals surface area contributed by atoms with Gasteiger partial charge in [0.15, 0.2) is 0 Å². The van der Waals surface area contributed by atoms with Crippen LogP contribution in [0, 0.1) is 5.92 Å². The maximum atomic E-state index is 12.3. The monoisotopic (exact) mass is 289 g/mol. The predicted molar refractivity (Wildman–Crippen MR) is 75.7 cm³/mol. The third kappa shape index (κ3) is 2.48. The molecule has 0 aromatic heterocycles. The largest absolute Gasteiger partial charge is 0.479 e. The van der Waals surface area contributed by atoms with E-state index < -0.39 is 17.6 Å². The molecule has 1 heterocycles. The summed E-state index contributed by atoms with van der Waals surface area (Å²) >= 11 is 0. The standard InChI is InChI=1S/C16H19NO4/c18-14(19)16-8-4-7-13(9-16)10-17(16)15(20)21-11-12-5-2-1-3-6-12/h1-3,5-6,13H,4,7-11H2,(H,18,19)/t13-,16+/m0/s1. The summed E-state index contributed by atoms with van der Waals surface area (Å²) in [6.45, 7) is 0.677. The lowest BCUT2D eigenvalue weighted by Gasteiger charge is -2.34. The molecule has 2 aliphatic rings. The molecule has 1 N–H and O–H groups in total. The van der Waals surface area contributed by atoms with Crippen molar-refractivity contribution in [3.05, 3.63) is 35.9 Å². The number of aliphatic carboxylic acids is 1. The molecular weight excluding hydrogens is 270 g/mol. The zero-order valence-electron chi connectivity index (χ0n) is 11.8. The molecule has 1 aliphatic carbocycles. The van der Waals surface area contributed by atoms with Gasteiger partial charge in [-0.15, -0.1) is 0 Å². The number of carbonyl (C=O) groups is 2. The van der Waals surface area contributed by atoms with Crippen LogP contribution in [0.2, 0.25) is 0 Å². The van der Waals surface area contributed by atoms with E-state index in [1.807, 2.05) is 30.3 Å². The predicted octanol–water partition coefficient (Wildman–Crippen LogP) is 2.65. The van der Waals surface area contributed by atoms with Crippen molar-refractivity contribution in [3.8, 4) is 0 Å². The summed E-state index contributed by atoms with van der Waals surface area (Å²) < 4.78 is 5.32. The molecule has 5 heteroatoms. The minimum atomic E-state index is -1.04. The van der Waals surface area contributed by atoms with Gasteiger partial charge in [-0.25, -0.2) is 9.59 Å². The van der Waals surface area contributed by atoms with Crippen molar-refractivity contribution in [3.63, 3.8) is 0 Å². The highest BCUT2D eigenvalue weighted by molar-refractivity contribution is 5.85. The van der Waals surface area contributed by atoms with Crippen LogP contribution >= 0.6 is 0 Å². The van der Waals surface area contributed by atoms with Gasteiger partial charge in [0.05, 0.1) is 0 Å². The summed E-state index contributed by atoms with van der Waals surface area (Å²) in [5.74, 6) is -0.611. The van der Waals surface area contributed by atoms with Gasteiger partial charge in [-0.3, -0.25) is 4.90 Å². The Balaban J connectivity index is 1.70. The first-order chi connectivity index (χ1) is 10.1. The normalized spacial score (nSPS) is 27.4. The fraction of sp³-hybridized carbons (Fsp3) is 0.500. The highest BCUT2D eigenvalue weighted by atomic mass is 16.6. The van der Waals surface area contributed by atoms with Crippen molar-refractivity contribution in [2.24, 2.45) is 5.92 Å². The number of fused-ring (bicyclic) bond motifs is 2. The second-order valence-electron chi connectivity index (χ2n) is 5.95. The molecule has 0 radical (unpaired) electrons. The second kappa shape index (κ2) is 5.39. The van der Waals surface area contributed by atoms with Gasteiger partial charge in [0, 0.05) is 6.54 Å². The molecule has 0 spiro atoms. The Morgan fingerprint density at radius 2 is 2.10 bits per heavy atom. The Bertz CT molecular complexity index is 544. The van der Waals surface area contributed by atoms with Crippen molar-refractivity contribution < 1.29 is 19.4 Å². The van der Waals surface area contributed by atoms with Gasteiger partial charge in [-0.05, 0) is 30.7 Å². The molecule has 2 fully saturated rings. The Hall–Kier alpha value is -2.04. The molecule has 21 heavy (non-hydrogen) atoms. The summed E-state index contributed by atoms with van der Waals surface area (Å²) in [6.07, 6.45) is 2.43. The van der Waals surface area contributed by atoms with E-state index in [0.29, 0.717) is 25.3 Å². The third-order valence-corrected chi connectivity index (χ3v) is 4.61. The zero-order valence-corrected chi connectivity index (χ0v) is 11.8. The first-order valence-corrected chi connectivity index (χ1v) is 7.33. The van der Waals surface area contributed by atoms with Crippen LogP contribution in [0.15, 0.2) is 30.3 Å². The number of benzene rings is 1. The Morgan fingerprint density at radius 3 is 2.81 bits per heavy atom. The SMILES string of the molecule is O=C(OCc1ccccc1)N1C[C@H]2CCC[C@]1(C(=O)O)C2. The number of nitrogens with zero attached hydrogens (tertiary/aromatic N) is 1. The van der Waals surface area contributed by atoms with E-state index in [1.165, 1.54) is 4.90 Å². The average molecular weight is 289 g/mol. The number of likely N-dealkylation sites (tertiary alicyclic amines) is 1. The number of carbonyl (C=O) groups excluding carboxylic acids is 1. The maximum absolute atomic E-state index is 12.3. The summed E-state index contributed by atoms with van der Waals surface area (Å²) in [5, 5.41) is 9.57. The fourth-order valence-corrected chi connectivity index (χ4v) is 3.55. The van der Waals surface area contributed by atoms with E-state index in [2.05, 4.69) is 0 Å². The van der Waals surface area contributed by atoms with Gasteiger partial charge >= 0.3 is 12.1 Å². The summed E-state index contributed by atoms with van der Waals surface area (Å²) in [5.41, 5.74) is -0.145. The van der Waals surface area contributed by atoms with Gasteiger partial charge in [-0.1, -0.05) is 36.8 Å². The van der Waals surface area contributed by atoms with Crippen molar-refractivity contribution in [1.82, 2.24) is 4.90 Å². The summed E-state index contributed by atoms with van der Waals surface area (Å²) in [7, 11) is 0. The number of carboxylic acids is 1. The molecule has 3 rings (SSSR count). The molecule has 2 atom stereocenters. The minimum Gasteiger partial charge on any atom is -0.479 e. The van der Waals surface area contributed by atoms with E-state index in [4.69, 9.17) is 4.74 Å². The van der Waals surface area contributed by atoms with Crippen LogP contribution in [0.1, 0.15) is 31.2 Å². The number of rotatable bonds is 3. The molecule has 1 saturated carbocycles. The smallest absolute Gasteiger partial charge is 0.411 e. The lowest BCUT2D eigenvalue weighted by molar-refractivity contribution is -0.149. The highest BCUT2D eigenvalue weighted by Gasteiger charge is 2.55. The molecule has 1 saturated heterocycles. The first-order valence-electron chi connectivity index (χ1n) is 7.33. The number of carboxylic acid groups (broad SMARTS) is 1. The number of amides is 1. The van der Waals surface area contributed by atoms with Crippen LogP contribution in [0.4, 0.5) is 4.79 Å². The van der Waals surface area contributed by atoms with E-state index in [0.717, 1.165) is 18.4 Å². The molecule has 0 unspecified atom stereocenters. The number of hydrogen-bond acceptors (Lipinski definition) is 3. The first kappa shape index (κ1) is 13.9. The van der Waals surface area contributed by atoms with Crippen LogP contribution in [0.3, 0.4) is 0 Å². The maximum Gasteiger partial charge on any atom is 0.411 e. The van der Waals surface area contributed by atoms with Gasteiger partial charge in [0.2, 0.25) is 0 Å². The van der Waals surface area contributed by atoms with Gasteiger partial charge < -0.3 is 9.84 Å². The van der Waals surface area contributed by atoms with Crippen molar-refractivity contribution >= 4 is 12.1 Å². The van der Waals surface area contributed by atoms with Crippen LogP contribution in [-0.4, -0.2) is 34.2 Å². The van der Waals surface area contributed by atoms with Crippen molar-refractivity contribution in [1.29, 1.82) is 0 Å². The minimum absolute atomic E-state index is 0.177. The van der Waals surface area contributed by atoms with E-state index in [9.17, 15) is 14.7 Å². The Labute approximate surface area is 123 Å². The molecule has 1 aromatic rings. The quantitative estimate of drug-likeness (QED) is 0.929. The van der Waals surface area contributed by atoms with Crippen LogP contribution < -0.4 is 0 Å². The van der Waals surface area contributed by atoms with Gasteiger partial charge in [0.25, 0.3) is 0 Å². The van der Waals surface area contributed by atoms with Crippen molar-refractivity contribution in [2.75, 3.05) is 6.54 Å². The van der Waals surface area contributed by atoms with Gasteiger partial charge in [0.1, 0.15) is 12.1 Å². The molecule has 1 amide bonds. The lowest BCUT2D eigenvalue weighted by atomic mass is 9.80. The van der Waals surface area contributed by atoms with E-state index >= 15 is 0 Å². The van der Waals surface area contributed by atoms with Crippen LogP contribution in [0.25, 0.3) is 0 Å². The number of hydrogen-bond donors (Lipinski definition) is 1.